The van der Waals surface area contributed by atoms with Gasteiger partial charge in [0.1, 0.15) is 11.5 Å². The predicted octanol–water partition coefficient (Wildman–Crippen LogP) is 4.50. The molecule has 0 amide bonds. The Morgan fingerprint density at radius 2 is 1.77 bits per heavy atom. The second kappa shape index (κ2) is 5.31. The van der Waals surface area contributed by atoms with Crippen LogP contribution in [0.2, 0.25) is 0 Å². The van der Waals surface area contributed by atoms with Crippen molar-refractivity contribution in [2.75, 3.05) is 13.2 Å². The van der Waals surface area contributed by atoms with Crippen molar-refractivity contribution in [3.63, 3.8) is 0 Å². The van der Waals surface area contributed by atoms with E-state index < -0.39 is 0 Å². The zero-order valence-corrected chi connectivity index (χ0v) is 13.7. The first-order valence-corrected chi connectivity index (χ1v) is 7.88. The Morgan fingerprint density at radius 3 is 2.45 bits per heavy atom. The number of ether oxygens (including phenoxy) is 2. The van der Waals surface area contributed by atoms with Crippen LogP contribution in [0.3, 0.4) is 0 Å². The summed E-state index contributed by atoms with van der Waals surface area (Å²) in [5.41, 5.74) is 1.78. The van der Waals surface area contributed by atoms with E-state index in [0.29, 0.717) is 19.6 Å². The summed E-state index contributed by atoms with van der Waals surface area (Å²) < 4.78 is 11.4. The number of hydrogen-bond donors (Lipinski definition) is 0. The lowest BCUT2D eigenvalue weighted by Gasteiger charge is -2.20. The zero-order chi connectivity index (χ0) is 15.9. The highest BCUT2D eigenvalue weighted by molar-refractivity contribution is 6.14. The van der Waals surface area contributed by atoms with Crippen molar-refractivity contribution < 1.29 is 14.3 Å². The van der Waals surface area contributed by atoms with Crippen LogP contribution in [0.25, 0.3) is 10.8 Å². The van der Waals surface area contributed by atoms with Crippen molar-refractivity contribution in [3.05, 3.63) is 35.4 Å². The van der Waals surface area contributed by atoms with Crippen LogP contribution in [0.1, 0.15) is 50.0 Å². The van der Waals surface area contributed by atoms with Gasteiger partial charge >= 0.3 is 0 Å². The van der Waals surface area contributed by atoms with Crippen LogP contribution in [0, 0.1) is 0 Å². The van der Waals surface area contributed by atoms with Gasteiger partial charge < -0.3 is 9.47 Å². The van der Waals surface area contributed by atoms with Gasteiger partial charge in [0.25, 0.3) is 0 Å². The molecule has 116 valence electrons. The van der Waals surface area contributed by atoms with E-state index >= 15 is 0 Å². The highest BCUT2D eigenvalue weighted by atomic mass is 16.5. The van der Waals surface area contributed by atoms with Crippen LogP contribution in [0.15, 0.2) is 24.3 Å². The third-order valence-corrected chi connectivity index (χ3v) is 4.29. The fourth-order valence-electron chi connectivity index (χ4n) is 3.32. The summed E-state index contributed by atoms with van der Waals surface area (Å²) >= 11 is 0. The van der Waals surface area contributed by atoms with Crippen LogP contribution in [-0.4, -0.2) is 19.0 Å². The van der Waals surface area contributed by atoms with Gasteiger partial charge in [-0.1, -0.05) is 13.8 Å². The molecule has 0 N–H and O–H groups in total. The molecule has 22 heavy (non-hydrogen) atoms. The standard InChI is InChI=1S/C19H22O3/c1-5-21-12-7-8-13-14(9-12)18-15(10-17(13)22-6-2)19(3,4)11-16(18)20/h7-10H,5-6,11H2,1-4H3. The number of benzene rings is 2. The minimum absolute atomic E-state index is 0.145. The summed E-state index contributed by atoms with van der Waals surface area (Å²) in [5, 5.41) is 1.93. The van der Waals surface area contributed by atoms with Crippen LogP contribution in [0.4, 0.5) is 0 Å². The molecule has 0 spiro atoms. The Hall–Kier alpha value is -2.03. The van der Waals surface area contributed by atoms with E-state index in [1.165, 1.54) is 0 Å². The van der Waals surface area contributed by atoms with Crippen LogP contribution >= 0.6 is 0 Å². The monoisotopic (exact) mass is 298 g/mol. The van der Waals surface area contributed by atoms with Gasteiger partial charge in [0, 0.05) is 22.8 Å². The second-order valence-electron chi connectivity index (χ2n) is 6.35. The largest absolute Gasteiger partial charge is 0.494 e. The molecule has 0 saturated carbocycles. The van der Waals surface area contributed by atoms with Gasteiger partial charge in [0.2, 0.25) is 0 Å². The van der Waals surface area contributed by atoms with Crippen LogP contribution < -0.4 is 9.47 Å². The zero-order valence-electron chi connectivity index (χ0n) is 13.7. The highest BCUT2D eigenvalue weighted by Gasteiger charge is 2.38. The number of rotatable bonds is 4. The molecule has 3 nitrogen and oxygen atoms in total. The molecule has 0 heterocycles. The Bertz CT molecular complexity index is 744. The quantitative estimate of drug-likeness (QED) is 0.833. The first-order chi connectivity index (χ1) is 10.5. The number of Topliss-reactive ketones (excluding diaryl/α,β-unsaturated/α-hetero) is 1. The van der Waals surface area contributed by atoms with E-state index in [0.717, 1.165) is 33.4 Å². The minimum atomic E-state index is -0.145. The molecule has 0 unspecified atom stereocenters. The number of hydrogen-bond acceptors (Lipinski definition) is 3. The average Bonchev–Trinajstić information content (AvgIpc) is 2.69. The SMILES string of the molecule is CCOc1ccc2c(OCC)cc3c(c2c1)C(=O)CC3(C)C. The van der Waals surface area contributed by atoms with Crippen molar-refractivity contribution in [1.82, 2.24) is 0 Å². The van der Waals surface area contributed by atoms with Gasteiger partial charge in [0.05, 0.1) is 13.2 Å². The molecule has 0 saturated heterocycles. The number of fused-ring (bicyclic) bond motifs is 3. The van der Waals surface area contributed by atoms with Crippen molar-refractivity contribution in [2.45, 2.75) is 39.5 Å². The summed E-state index contributed by atoms with van der Waals surface area (Å²) in [4.78, 5) is 12.6. The lowest BCUT2D eigenvalue weighted by atomic mass is 9.85. The van der Waals surface area contributed by atoms with Gasteiger partial charge in [-0.2, -0.15) is 0 Å². The number of ketones is 1. The highest BCUT2D eigenvalue weighted by Crippen LogP contribution is 2.45. The minimum Gasteiger partial charge on any atom is -0.494 e. The van der Waals surface area contributed by atoms with Gasteiger partial charge in [-0.15, -0.1) is 0 Å². The van der Waals surface area contributed by atoms with E-state index in [1.807, 2.05) is 38.1 Å². The molecule has 1 aliphatic carbocycles. The summed E-state index contributed by atoms with van der Waals surface area (Å²) in [6.45, 7) is 9.38. The summed E-state index contributed by atoms with van der Waals surface area (Å²) in [5.74, 6) is 1.85. The predicted molar refractivity (Wildman–Crippen MR) is 88.3 cm³/mol. The normalized spacial score (nSPS) is 15.9. The molecule has 0 bridgehead atoms. The van der Waals surface area contributed by atoms with Crippen molar-refractivity contribution in [3.8, 4) is 11.5 Å². The van der Waals surface area contributed by atoms with E-state index in [2.05, 4.69) is 13.8 Å². The molecule has 2 aromatic rings. The maximum absolute atomic E-state index is 12.6. The van der Waals surface area contributed by atoms with Crippen LogP contribution in [-0.2, 0) is 5.41 Å². The summed E-state index contributed by atoms with van der Waals surface area (Å²) in [6, 6.07) is 7.95. The summed E-state index contributed by atoms with van der Waals surface area (Å²) in [7, 11) is 0. The number of carbonyl (C=O) groups is 1. The summed E-state index contributed by atoms with van der Waals surface area (Å²) in [6.07, 6.45) is 0.547. The maximum atomic E-state index is 12.6. The van der Waals surface area contributed by atoms with E-state index in [1.54, 1.807) is 0 Å². The van der Waals surface area contributed by atoms with Gasteiger partial charge in [-0.05, 0) is 49.1 Å². The topological polar surface area (TPSA) is 35.5 Å². The molecule has 2 aromatic carbocycles. The van der Waals surface area contributed by atoms with E-state index in [9.17, 15) is 4.79 Å². The Labute approximate surface area is 131 Å². The molecule has 0 atom stereocenters. The molecule has 0 aromatic heterocycles. The van der Waals surface area contributed by atoms with Crippen molar-refractivity contribution in [2.24, 2.45) is 0 Å². The fourth-order valence-corrected chi connectivity index (χ4v) is 3.32. The molecular formula is C19H22O3. The molecule has 0 fully saturated rings. The second-order valence-corrected chi connectivity index (χ2v) is 6.35. The van der Waals surface area contributed by atoms with Crippen LogP contribution in [0.5, 0.6) is 11.5 Å². The van der Waals surface area contributed by atoms with Gasteiger partial charge in [-0.25, -0.2) is 0 Å². The van der Waals surface area contributed by atoms with Gasteiger partial charge in [-0.3, -0.25) is 4.79 Å². The maximum Gasteiger partial charge on any atom is 0.164 e. The molecule has 1 aliphatic rings. The molecule has 0 aliphatic heterocycles. The van der Waals surface area contributed by atoms with Crippen molar-refractivity contribution in [1.29, 1.82) is 0 Å². The van der Waals surface area contributed by atoms with E-state index in [-0.39, 0.29) is 11.2 Å². The Kier molecular flexibility index (Phi) is 3.59. The fraction of sp³-hybridized carbons (Fsp3) is 0.421. The van der Waals surface area contributed by atoms with Gasteiger partial charge in [0.15, 0.2) is 5.78 Å². The number of carbonyl (C=O) groups excluding carboxylic acids is 1. The van der Waals surface area contributed by atoms with E-state index in [4.69, 9.17) is 9.47 Å². The smallest absolute Gasteiger partial charge is 0.164 e. The first kappa shape index (κ1) is 14.9. The average molecular weight is 298 g/mol. The van der Waals surface area contributed by atoms with Crippen molar-refractivity contribution >= 4 is 16.6 Å². The Balaban J connectivity index is 2.33. The molecular weight excluding hydrogens is 276 g/mol. The lowest BCUT2D eigenvalue weighted by molar-refractivity contribution is 0.0981. The third kappa shape index (κ3) is 2.25. The third-order valence-electron chi connectivity index (χ3n) is 4.29. The molecule has 3 heteroatoms. The molecule has 3 rings (SSSR count). The Morgan fingerprint density at radius 1 is 1.05 bits per heavy atom. The first-order valence-electron chi connectivity index (χ1n) is 7.88. The molecule has 0 radical (unpaired) electrons. The lowest BCUT2D eigenvalue weighted by Crippen LogP contribution is -2.12.